The van der Waals surface area contributed by atoms with Crippen LogP contribution in [0.4, 0.5) is 0 Å². The molecule has 0 aliphatic carbocycles. The molecule has 0 aliphatic rings. The summed E-state index contributed by atoms with van der Waals surface area (Å²) in [4.78, 5) is 16.4. The Hall–Kier alpha value is -2.93. The lowest BCUT2D eigenvalue weighted by molar-refractivity contribution is -0.120. The van der Waals surface area contributed by atoms with Crippen LogP contribution in [0.15, 0.2) is 76.4 Å². The lowest BCUT2D eigenvalue weighted by Gasteiger charge is -2.07. The molecule has 2 heterocycles. The van der Waals surface area contributed by atoms with Crippen LogP contribution in [0.5, 0.6) is 0 Å². The van der Waals surface area contributed by atoms with Crippen molar-refractivity contribution >= 4 is 15.7 Å². The molecule has 134 valence electrons. The molecule has 7 heteroatoms. The molecule has 0 aliphatic heterocycles. The second-order valence-electron chi connectivity index (χ2n) is 5.69. The molecular formula is C19H18N2O4S. The zero-order valence-electron chi connectivity index (χ0n) is 14.0. The van der Waals surface area contributed by atoms with E-state index in [9.17, 15) is 13.2 Å². The van der Waals surface area contributed by atoms with Crippen molar-refractivity contribution in [1.29, 1.82) is 0 Å². The molecule has 0 radical (unpaired) electrons. The Morgan fingerprint density at radius 3 is 2.50 bits per heavy atom. The molecule has 1 amide bonds. The lowest BCUT2D eigenvalue weighted by atomic mass is 10.2. The second kappa shape index (κ2) is 7.97. The van der Waals surface area contributed by atoms with E-state index in [1.54, 1.807) is 42.8 Å². The van der Waals surface area contributed by atoms with Crippen molar-refractivity contribution in [3.63, 3.8) is 0 Å². The molecule has 0 bridgehead atoms. The first-order chi connectivity index (χ1) is 12.5. The Balaban J connectivity index is 1.50. The monoisotopic (exact) mass is 370 g/mol. The number of furan rings is 1. The van der Waals surface area contributed by atoms with E-state index in [2.05, 4.69) is 10.3 Å². The quantitative estimate of drug-likeness (QED) is 0.691. The first kappa shape index (κ1) is 17.9. The molecule has 1 aromatic carbocycles. The van der Waals surface area contributed by atoms with E-state index >= 15 is 0 Å². The number of hydrogen-bond acceptors (Lipinski definition) is 5. The fourth-order valence-corrected chi connectivity index (χ4v) is 3.62. The van der Waals surface area contributed by atoms with Gasteiger partial charge in [0.1, 0.15) is 5.69 Å². The maximum absolute atomic E-state index is 12.2. The number of nitrogens with one attached hydrogen (secondary N) is 1. The Morgan fingerprint density at radius 1 is 1.04 bits per heavy atom. The maximum Gasteiger partial charge on any atom is 0.221 e. The van der Waals surface area contributed by atoms with Gasteiger partial charge < -0.3 is 9.73 Å². The van der Waals surface area contributed by atoms with Gasteiger partial charge in [-0.3, -0.25) is 9.78 Å². The minimum Gasteiger partial charge on any atom is -0.463 e. The van der Waals surface area contributed by atoms with Gasteiger partial charge in [-0.25, -0.2) is 8.42 Å². The topological polar surface area (TPSA) is 89.3 Å². The number of pyridine rings is 1. The molecule has 3 rings (SSSR count). The summed E-state index contributed by atoms with van der Waals surface area (Å²) in [7, 11) is -3.45. The number of nitrogens with zero attached hydrogens (tertiary/aromatic N) is 1. The number of sulfone groups is 1. The highest BCUT2D eigenvalue weighted by atomic mass is 32.2. The SMILES string of the molecule is O=C(CCS(=O)(=O)c1ccccc1)NCc1ccc(-c2ccco2)nc1. The van der Waals surface area contributed by atoms with Gasteiger partial charge in [-0.05, 0) is 35.9 Å². The van der Waals surface area contributed by atoms with Crippen LogP contribution in [0.1, 0.15) is 12.0 Å². The van der Waals surface area contributed by atoms with Crippen LogP contribution in [0.3, 0.4) is 0 Å². The highest BCUT2D eigenvalue weighted by Crippen LogP contribution is 2.17. The van der Waals surface area contributed by atoms with E-state index in [0.717, 1.165) is 5.56 Å². The van der Waals surface area contributed by atoms with Crippen LogP contribution >= 0.6 is 0 Å². The third-order valence-corrected chi connectivity index (χ3v) is 5.52. The van der Waals surface area contributed by atoms with E-state index in [0.29, 0.717) is 11.5 Å². The summed E-state index contributed by atoms with van der Waals surface area (Å²) >= 11 is 0. The molecule has 2 aromatic heterocycles. The number of rotatable bonds is 7. The van der Waals surface area contributed by atoms with Gasteiger partial charge >= 0.3 is 0 Å². The molecule has 0 saturated heterocycles. The summed E-state index contributed by atoms with van der Waals surface area (Å²) in [6.45, 7) is 0.287. The molecule has 0 spiro atoms. The van der Waals surface area contributed by atoms with Crippen molar-refractivity contribution in [2.24, 2.45) is 0 Å². The van der Waals surface area contributed by atoms with E-state index in [4.69, 9.17) is 4.42 Å². The van der Waals surface area contributed by atoms with Gasteiger partial charge in [-0.15, -0.1) is 0 Å². The smallest absolute Gasteiger partial charge is 0.221 e. The van der Waals surface area contributed by atoms with Crippen LogP contribution in [0.2, 0.25) is 0 Å². The fourth-order valence-electron chi connectivity index (χ4n) is 2.36. The predicted molar refractivity (Wildman–Crippen MR) is 96.9 cm³/mol. The number of carbonyl (C=O) groups excluding carboxylic acids is 1. The van der Waals surface area contributed by atoms with Crippen molar-refractivity contribution in [2.45, 2.75) is 17.9 Å². The van der Waals surface area contributed by atoms with Gasteiger partial charge in [-0.1, -0.05) is 24.3 Å². The number of aromatic nitrogens is 1. The number of hydrogen-bond donors (Lipinski definition) is 1. The van der Waals surface area contributed by atoms with Crippen LogP contribution in [0.25, 0.3) is 11.5 Å². The Kier molecular flexibility index (Phi) is 5.48. The van der Waals surface area contributed by atoms with Crippen LogP contribution in [-0.2, 0) is 21.2 Å². The predicted octanol–water partition coefficient (Wildman–Crippen LogP) is 2.82. The molecule has 3 aromatic rings. The Labute approximate surface area is 151 Å². The number of amides is 1. The summed E-state index contributed by atoms with van der Waals surface area (Å²) in [5.74, 6) is 0.129. The summed E-state index contributed by atoms with van der Waals surface area (Å²) < 4.78 is 29.6. The van der Waals surface area contributed by atoms with Gasteiger partial charge in [0.05, 0.1) is 16.9 Å². The Bertz CT molecular complexity index is 951. The van der Waals surface area contributed by atoms with Gasteiger partial charge in [0.25, 0.3) is 0 Å². The van der Waals surface area contributed by atoms with Gasteiger partial charge in [0.15, 0.2) is 15.6 Å². The van der Waals surface area contributed by atoms with Crippen molar-refractivity contribution in [1.82, 2.24) is 10.3 Å². The standard InChI is InChI=1S/C19H18N2O4S/c22-19(10-12-26(23,24)16-5-2-1-3-6-16)21-14-15-8-9-17(20-13-15)18-7-4-11-25-18/h1-9,11,13H,10,12,14H2,(H,21,22). The van der Waals surface area contributed by atoms with Crippen molar-refractivity contribution in [2.75, 3.05) is 5.75 Å². The van der Waals surface area contributed by atoms with E-state index in [-0.39, 0.29) is 29.5 Å². The third kappa shape index (κ3) is 4.58. The van der Waals surface area contributed by atoms with E-state index in [1.165, 1.54) is 12.1 Å². The Morgan fingerprint density at radius 2 is 1.85 bits per heavy atom. The molecule has 1 N–H and O–H groups in total. The zero-order chi connectivity index (χ0) is 18.4. The molecule has 26 heavy (non-hydrogen) atoms. The first-order valence-corrected chi connectivity index (χ1v) is 9.73. The summed E-state index contributed by atoms with van der Waals surface area (Å²) in [5.41, 5.74) is 1.53. The maximum atomic E-state index is 12.2. The number of carbonyl (C=O) groups is 1. The summed E-state index contributed by atoms with van der Waals surface area (Å²) in [6, 6.07) is 15.4. The minimum atomic E-state index is -3.45. The van der Waals surface area contributed by atoms with Crippen LogP contribution in [0, 0.1) is 0 Å². The van der Waals surface area contributed by atoms with Crippen LogP contribution < -0.4 is 5.32 Å². The largest absolute Gasteiger partial charge is 0.463 e. The average Bonchev–Trinajstić information content (AvgIpc) is 3.21. The molecule has 6 nitrogen and oxygen atoms in total. The fraction of sp³-hybridized carbons (Fsp3) is 0.158. The molecule has 0 unspecified atom stereocenters. The van der Waals surface area contributed by atoms with Crippen LogP contribution in [-0.4, -0.2) is 25.1 Å². The van der Waals surface area contributed by atoms with E-state index < -0.39 is 9.84 Å². The lowest BCUT2D eigenvalue weighted by Crippen LogP contribution is -2.25. The van der Waals surface area contributed by atoms with Gasteiger partial charge in [0, 0.05) is 19.2 Å². The second-order valence-corrected chi connectivity index (χ2v) is 7.80. The zero-order valence-corrected chi connectivity index (χ0v) is 14.8. The molecule has 0 saturated carbocycles. The van der Waals surface area contributed by atoms with Gasteiger partial charge in [-0.2, -0.15) is 0 Å². The first-order valence-electron chi connectivity index (χ1n) is 8.08. The highest BCUT2D eigenvalue weighted by Gasteiger charge is 2.15. The molecule has 0 atom stereocenters. The molecule has 0 fully saturated rings. The highest BCUT2D eigenvalue weighted by molar-refractivity contribution is 7.91. The average molecular weight is 370 g/mol. The minimum absolute atomic E-state index is 0.0882. The number of benzene rings is 1. The summed E-state index contributed by atoms with van der Waals surface area (Å²) in [6.07, 6.45) is 3.14. The van der Waals surface area contributed by atoms with Crippen molar-refractivity contribution in [3.05, 3.63) is 72.6 Å². The normalized spacial score (nSPS) is 11.2. The van der Waals surface area contributed by atoms with Crippen molar-refractivity contribution < 1.29 is 17.6 Å². The molecular weight excluding hydrogens is 352 g/mol. The van der Waals surface area contributed by atoms with Crippen molar-refractivity contribution in [3.8, 4) is 11.5 Å². The van der Waals surface area contributed by atoms with Gasteiger partial charge in [0.2, 0.25) is 5.91 Å². The third-order valence-electron chi connectivity index (χ3n) is 3.79. The summed E-state index contributed by atoms with van der Waals surface area (Å²) in [5, 5.41) is 2.71. The van der Waals surface area contributed by atoms with E-state index in [1.807, 2.05) is 12.1 Å².